The summed E-state index contributed by atoms with van der Waals surface area (Å²) in [5, 5.41) is 10.5. The second kappa shape index (κ2) is 5.83. The van der Waals surface area contributed by atoms with E-state index >= 15 is 0 Å². The molecule has 2 aliphatic carbocycles. The minimum atomic E-state index is -0.513. The number of pyridine rings is 1. The van der Waals surface area contributed by atoms with Crippen LogP contribution in [-0.4, -0.2) is 52.8 Å². The van der Waals surface area contributed by atoms with Crippen LogP contribution in [0, 0.1) is 5.92 Å². The quantitative estimate of drug-likeness (QED) is 0.627. The lowest BCUT2D eigenvalue weighted by Gasteiger charge is -2.56. The van der Waals surface area contributed by atoms with Crippen LogP contribution in [0.5, 0.6) is 11.5 Å². The molecule has 1 unspecified atom stereocenters. The average molecular weight is 390 g/mol. The van der Waals surface area contributed by atoms with Gasteiger partial charge in [0.15, 0.2) is 17.6 Å². The smallest absolute Gasteiger partial charge is 0.340 e. The highest BCUT2D eigenvalue weighted by atomic mass is 16.6. The Morgan fingerprint density at radius 3 is 3.07 bits per heavy atom. The summed E-state index contributed by atoms with van der Waals surface area (Å²) in [5.74, 6) is 0.606. The first-order chi connectivity index (χ1) is 14.1. The van der Waals surface area contributed by atoms with Gasteiger partial charge in [0, 0.05) is 35.3 Å². The maximum Gasteiger partial charge on any atom is 0.340 e. The molecular weight excluding hydrogens is 368 g/mol. The highest BCUT2D eigenvalue weighted by Gasteiger charge is 2.65. The van der Waals surface area contributed by atoms with Gasteiger partial charge < -0.3 is 19.5 Å². The van der Waals surface area contributed by atoms with Crippen molar-refractivity contribution in [1.82, 2.24) is 9.88 Å². The molecule has 1 saturated heterocycles. The predicted molar refractivity (Wildman–Crippen MR) is 105 cm³/mol. The number of hydrogen-bond acceptors (Lipinski definition) is 6. The number of carbonyl (C=O) groups excluding carboxylic acids is 1. The summed E-state index contributed by atoms with van der Waals surface area (Å²) in [4.78, 5) is 19.2. The van der Waals surface area contributed by atoms with Gasteiger partial charge >= 0.3 is 5.97 Å². The summed E-state index contributed by atoms with van der Waals surface area (Å²) >= 11 is 0. The van der Waals surface area contributed by atoms with Crippen molar-refractivity contribution in [3.8, 4) is 11.5 Å². The first kappa shape index (κ1) is 17.0. The molecule has 1 N–H and O–H groups in total. The van der Waals surface area contributed by atoms with E-state index in [1.165, 1.54) is 11.8 Å². The molecule has 1 fully saturated rings. The Kier molecular flexibility index (Phi) is 3.42. The molecule has 1 spiro atoms. The number of piperidine rings is 1. The van der Waals surface area contributed by atoms with E-state index in [0.29, 0.717) is 17.4 Å². The summed E-state index contributed by atoms with van der Waals surface area (Å²) in [6.45, 7) is 0.951. The molecule has 2 aliphatic heterocycles. The average Bonchev–Trinajstić information content (AvgIpc) is 3.10. The summed E-state index contributed by atoms with van der Waals surface area (Å²) < 4.78 is 12.3. The van der Waals surface area contributed by atoms with Gasteiger partial charge in [0.1, 0.15) is 6.10 Å². The van der Waals surface area contributed by atoms with E-state index in [2.05, 4.69) is 23.0 Å². The van der Waals surface area contributed by atoms with Gasteiger partial charge in [-0.1, -0.05) is 12.1 Å². The van der Waals surface area contributed by atoms with Crippen LogP contribution in [0.25, 0.3) is 0 Å². The number of aromatic nitrogens is 1. The molecule has 148 valence electrons. The number of likely N-dealkylation sites (tertiary alicyclic amines) is 1. The minimum Gasteiger partial charge on any atom is -0.504 e. The van der Waals surface area contributed by atoms with Gasteiger partial charge in [-0.15, -0.1) is 0 Å². The number of ether oxygens (including phenoxy) is 2. The van der Waals surface area contributed by atoms with Crippen LogP contribution in [-0.2, 0) is 16.6 Å². The number of hydrogen-bond donors (Lipinski definition) is 1. The van der Waals surface area contributed by atoms with E-state index in [4.69, 9.17) is 9.47 Å². The predicted octanol–water partition coefficient (Wildman–Crippen LogP) is 2.46. The van der Waals surface area contributed by atoms with Crippen LogP contribution in [0.3, 0.4) is 0 Å². The summed E-state index contributed by atoms with van der Waals surface area (Å²) in [6, 6.07) is 7.55. The Morgan fingerprint density at radius 1 is 1.34 bits per heavy atom. The highest BCUT2D eigenvalue weighted by molar-refractivity contribution is 5.89. The fraction of sp³-hybridized carbons (Fsp3) is 0.391. The number of rotatable bonds is 2. The molecule has 0 radical (unpaired) electrons. The zero-order valence-electron chi connectivity index (χ0n) is 16.1. The van der Waals surface area contributed by atoms with Crippen molar-refractivity contribution in [1.29, 1.82) is 0 Å². The lowest BCUT2D eigenvalue weighted by Crippen LogP contribution is -2.65. The monoisotopic (exact) mass is 390 g/mol. The molecule has 0 amide bonds. The van der Waals surface area contributed by atoms with Gasteiger partial charge in [-0.05, 0) is 56.3 Å². The lowest BCUT2D eigenvalue weighted by atomic mass is 9.53. The maximum absolute atomic E-state index is 12.7. The topological polar surface area (TPSA) is 71.9 Å². The molecule has 0 saturated carbocycles. The summed E-state index contributed by atoms with van der Waals surface area (Å²) in [5.41, 5.74) is 2.52. The van der Waals surface area contributed by atoms with Gasteiger partial charge in [0.25, 0.3) is 0 Å². The Bertz CT molecular complexity index is 1040. The first-order valence-corrected chi connectivity index (χ1v) is 10.1. The normalized spacial score (nSPS) is 33.7. The fourth-order valence-electron chi connectivity index (χ4n) is 6.00. The zero-order valence-corrected chi connectivity index (χ0v) is 16.1. The van der Waals surface area contributed by atoms with Crippen LogP contribution in [0.4, 0.5) is 0 Å². The molecule has 6 heteroatoms. The van der Waals surface area contributed by atoms with E-state index in [0.717, 1.165) is 24.9 Å². The SMILES string of the molecule is CN1CC[C@]23c4c5ccc(O)c4OC2[C@H](OC(=O)c2cccnc2)C=C[C@H]3[C@H]1C5. The van der Waals surface area contributed by atoms with Gasteiger partial charge in [-0.25, -0.2) is 4.79 Å². The number of esters is 1. The largest absolute Gasteiger partial charge is 0.504 e. The molecule has 6 rings (SSSR count). The number of phenolic OH excluding ortho intramolecular Hbond substituents is 1. The summed E-state index contributed by atoms with van der Waals surface area (Å²) in [6.07, 6.45) is 8.32. The molecule has 6 nitrogen and oxygen atoms in total. The molecule has 1 aromatic carbocycles. The number of benzene rings is 1. The van der Waals surface area contributed by atoms with Crippen LogP contribution in [0.2, 0.25) is 0 Å². The number of nitrogens with zero attached hydrogens (tertiary/aromatic N) is 2. The van der Waals surface area contributed by atoms with E-state index in [1.807, 2.05) is 12.1 Å². The second-order valence-corrected chi connectivity index (χ2v) is 8.55. The molecule has 2 aromatic rings. The zero-order chi connectivity index (χ0) is 19.8. The fourth-order valence-corrected chi connectivity index (χ4v) is 6.00. The van der Waals surface area contributed by atoms with Crippen molar-refractivity contribution >= 4 is 5.97 Å². The lowest BCUT2D eigenvalue weighted by molar-refractivity contribution is -0.0555. The van der Waals surface area contributed by atoms with Gasteiger partial charge in [-0.3, -0.25) is 4.98 Å². The Morgan fingerprint density at radius 2 is 2.24 bits per heavy atom. The third-order valence-electron chi connectivity index (χ3n) is 7.27. The van der Waals surface area contributed by atoms with Crippen molar-refractivity contribution in [2.24, 2.45) is 5.92 Å². The van der Waals surface area contributed by atoms with Crippen LogP contribution >= 0.6 is 0 Å². The van der Waals surface area contributed by atoms with E-state index in [1.54, 1.807) is 24.4 Å². The van der Waals surface area contributed by atoms with Gasteiger partial charge in [-0.2, -0.15) is 0 Å². The van der Waals surface area contributed by atoms with E-state index < -0.39 is 12.1 Å². The number of phenols is 1. The third kappa shape index (κ3) is 2.15. The number of likely N-dealkylation sites (N-methyl/N-ethyl adjacent to an activating group) is 1. The van der Waals surface area contributed by atoms with Gasteiger partial charge in [0.05, 0.1) is 5.56 Å². The Hall–Kier alpha value is -2.86. The van der Waals surface area contributed by atoms with Crippen LogP contribution in [0.1, 0.15) is 27.9 Å². The second-order valence-electron chi connectivity index (χ2n) is 8.55. The molecule has 4 aliphatic rings. The molecule has 1 aromatic heterocycles. The van der Waals surface area contributed by atoms with Crippen molar-refractivity contribution in [2.45, 2.75) is 36.5 Å². The Balaban J connectivity index is 1.45. The van der Waals surface area contributed by atoms with E-state index in [9.17, 15) is 9.90 Å². The number of carbonyl (C=O) groups is 1. The standard InChI is InChI=1S/C23H22N2O4/c1-25-10-8-23-15-5-7-18(28-22(27)14-3-2-9-24-12-14)21(23)29-20-17(26)6-4-13(19(20)23)11-16(15)25/h2-7,9,12,15-16,18,21,26H,8,10-11H2,1H3/t15-,16+,18+,21?,23-/m0/s1. The molecular formula is C23H22N2O4. The van der Waals surface area contributed by atoms with Crippen LogP contribution < -0.4 is 4.74 Å². The van der Waals surface area contributed by atoms with Crippen molar-refractivity contribution in [3.05, 3.63) is 65.5 Å². The third-order valence-corrected chi connectivity index (χ3v) is 7.27. The minimum absolute atomic E-state index is 0.168. The molecule has 5 atom stereocenters. The first-order valence-electron chi connectivity index (χ1n) is 10.1. The van der Waals surface area contributed by atoms with Crippen molar-refractivity contribution in [3.63, 3.8) is 0 Å². The van der Waals surface area contributed by atoms with Crippen molar-refractivity contribution in [2.75, 3.05) is 13.6 Å². The van der Waals surface area contributed by atoms with Gasteiger partial charge in [0.2, 0.25) is 0 Å². The molecule has 29 heavy (non-hydrogen) atoms. The summed E-state index contributed by atoms with van der Waals surface area (Å²) in [7, 11) is 2.18. The molecule has 2 bridgehead atoms. The highest BCUT2D eigenvalue weighted by Crippen LogP contribution is 2.62. The molecule has 3 heterocycles. The van der Waals surface area contributed by atoms with Crippen molar-refractivity contribution < 1.29 is 19.4 Å². The Labute approximate surface area is 168 Å². The maximum atomic E-state index is 12.7. The number of aromatic hydroxyl groups is 1. The van der Waals surface area contributed by atoms with Crippen LogP contribution in [0.15, 0.2) is 48.8 Å². The van der Waals surface area contributed by atoms with E-state index in [-0.39, 0.29) is 23.2 Å².